The molecule has 32 heavy (non-hydrogen) atoms. The lowest BCUT2D eigenvalue weighted by Gasteiger charge is -2.16. The Morgan fingerprint density at radius 3 is 1.59 bits per heavy atom. The lowest BCUT2D eigenvalue weighted by Crippen LogP contribution is -2.37. The van der Waals surface area contributed by atoms with E-state index in [1.807, 2.05) is 0 Å². The van der Waals surface area contributed by atoms with Crippen molar-refractivity contribution in [1.29, 1.82) is 0 Å². The number of ketones is 2. The van der Waals surface area contributed by atoms with E-state index in [1.165, 1.54) is 24.3 Å². The minimum Gasteiger partial charge on any atom is -0.383 e. The van der Waals surface area contributed by atoms with Gasteiger partial charge in [-0.2, -0.15) is 4.98 Å². The zero-order valence-electron chi connectivity index (χ0n) is 16.8. The Bertz CT molecular complexity index is 1380. The third kappa shape index (κ3) is 3.75. The topological polar surface area (TPSA) is 112 Å². The fourth-order valence-corrected chi connectivity index (χ4v) is 3.33. The first-order valence-electron chi connectivity index (χ1n) is 9.71. The monoisotopic (exact) mass is 423 g/mol. The van der Waals surface area contributed by atoms with Crippen molar-refractivity contribution in [2.24, 2.45) is 0 Å². The van der Waals surface area contributed by atoms with Crippen LogP contribution in [-0.4, -0.2) is 27.0 Å². The molecule has 7 heteroatoms. The lowest BCUT2D eigenvalue weighted by molar-refractivity contribution is 0.0922. The standard InChI is InChI=1S/C25H17N3O4/c26-23-19(21(29)16-10-4-1-5-11-16)20(22(30)17-12-6-2-7-13-17)28(25(32)27-23)24(31)18-14-8-3-9-15-18/h1-15H,(H2,26,27,32). The Kier molecular flexibility index (Phi) is 5.55. The number of anilines is 1. The number of nitrogens with two attached hydrogens (primary N) is 1. The van der Waals surface area contributed by atoms with E-state index in [2.05, 4.69) is 4.98 Å². The van der Waals surface area contributed by atoms with Crippen molar-refractivity contribution in [2.75, 3.05) is 5.73 Å². The zero-order valence-corrected chi connectivity index (χ0v) is 16.8. The predicted octanol–water partition coefficient (Wildman–Crippen LogP) is 2.98. The largest absolute Gasteiger partial charge is 0.383 e. The molecule has 4 aromatic rings. The number of nitrogens with zero attached hydrogens (tertiary/aromatic N) is 2. The Morgan fingerprint density at radius 1 is 0.656 bits per heavy atom. The van der Waals surface area contributed by atoms with Crippen LogP contribution >= 0.6 is 0 Å². The van der Waals surface area contributed by atoms with E-state index in [0.29, 0.717) is 4.57 Å². The predicted molar refractivity (Wildman–Crippen MR) is 119 cm³/mol. The number of rotatable bonds is 5. The molecule has 0 radical (unpaired) electrons. The second kappa shape index (κ2) is 8.61. The van der Waals surface area contributed by atoms with Gasteiger partial charge in [-0.3, -0.25) is 14.4 Å². The Morgan fingerprint density at radius 2 is 1.09 bits per heavy atom. The maximum Gasteiger partial charge on any atom is 0.357 e. The van der Waals surface area contributed by atoms with Crippen molar-refractivity contribution in [3.8, 4) is 0 Å². The van der Waals surface area contributed by atoms with Gasteiger partial charge >= 0.3 is 5.69 Å². The average molecular weight is 423 g/mol. The maximum absolute atomic E-state index is 13.5. The summed E-state index contributed by atoms with van der Waals surface area (Å²) in [4.78, 5) is 56.6. The molecule has 7 nitrogen and oxygen atoms in total. The summed E-state index contributed by atoms with van der Waals surface area (Å²) in [6.07, 6.45) is 0. The van der Waals surface area contributed by atoms with E-state index >= 15 is 0 Å². The molecule has 0 atom stereocenters. The van der Waals surface area contributed by atoms with Gasteiger partial charge in [0.1, 0.15) is 11.5 Å². The van der Waals surface area contributed by atoms with Crippen LogP contribution in [0.5, 0.6) is 0 Å². The van der Waals surface area contributed by atoms with Crippen LogP contribution in [0.4, 0.5) is 5.82 Å². The minimum atomic E-state index is -1.04. The molecular weight excluding hydrogens is 406 g/mol. The van der Waals surface area contributed by atoms with Crippen LogP contribution in [0.1, 0.15) is 42.3 Å². The van der Waals surface area contributed by atoms with Gasteiger partial charge in [0.15, 0.2) is 5.78 Å². The highest BCUT2D eigenvalue weighted by molar-refractivity contribution is 6.22. The lowest BCUT2D eigenvalue weighted by atomic mass is 9.97. The summed E-state index contributed by atoms with van der Waals surface area (Å²) in [6.45, 7) is 0. The molecular formula is C25H17N3O4. The number of benzene rings is 3. The van der Waals surface area contributed by atoms with Gasteiger partial charge in [-0.25, -0.2) is 9.36 Å². The number of carbonyl (C=O) groups excluding carboxylic acids is 3. The molecule has 0 unspecified atom stereocenters. The SMILES string of the molecule is Nc1nc(=O)n(C(=O)c2ccccc2)c(C(=O)c2ccccc2)c1C(=O)c1ccccc1. The van der Waals surface area contributed by atoms with Gasteiger partial charge in [-0.1, -0.05) is 78.9 Å². The molecule has 0 aliphatic rings. The van der Waals surface area contributed by atoms with E-state index in [4.69, 9.17) is 5.73 Å². The van der Waals surface area contributed by atoms with E-state index < -0.39 is 34.7 Å². The molecule has 3 aromatic carbocycles. The summed E-state index contributed by atoms with van der Waals surface area (Å²) in [5, 5.41) is 0. The number of hydrogen-bond donors (Lipinski definition) is 1. The second-order valence-corrected chi connectivity index (χ2v) is 6.90. The van der Waals surface area contributed by atoms with Gasteiger partial charge in [-0.05, 0) is 12.1 Å². The van der Waals surface area contributed by atoms with E-state index in [1.54, 1.807) is 66.7 Å². The average Bonchev–Trinajstić information content (AvgIpc) is 2.84. The van der Waals surface area contributed by atoms with Crippen LogP contribution in [0.2, 0.25) is 0 Å². The fraction of sp³-hybridized carbons (Fsp3) is 0. The van der Waals surface area contributed by atoms with Gasteiger partial charge in [0.05, 0.1) is 5.56 Å². The first-order chi connectivity index (χ1) is 15.5. The Hall–Kier alpha value is -4.65. The fourth-order valence-electron chi connectivity index (χ4n) is 3.33. The van der Waals surface area contributed by atoms with Crippen LogP contribution in [0.15, 0.2) is 95.8 Å². The van der Waals surface area contributed by atoms with Crippen molar-refractivity contribution < 1.29 is 14.4 Å². The molecule has 0 bridgehead atoms. The van der Waals surface area contributed by atoms with E-state index in [0.717, 1.165) is 0 Å². The van der Waals surface area contributed by atoms with Gasteiger partial charge in [0.25, 0.3) is 5.91 Å². The van der Waals surface area contributed by atoms with Gasteiger partial charge in [0, 0.05) is 16.7 Å². The van der Waals surface area contributed by atoms with Crippen molar-refractivity contribution >= 4 is 23.3 Å². The van der Waals surface area contributed by atoms with Crippen LogP contribution in [-0.2, 0) is 0 Å². The summed E-state index contributed by atoms with van der Waals surface area (Å²) in [7, 11) is 0. The van der Waals surface area contributed by atoms with E-state index in [-0.39, 0.29) is 22.3 Å². The molecule has 0 saturated carbocycles. The third-order valence-corrected chi connectivity index (χ3v) is 4.86. The molecule has 1 aromatic heterocycles. The third-order valence-electron chi connectivity index (χ3n) is 4.86. The van der Waals surface area contributed by atoms with E-state index in [9.17, 15) is 19.2 Å². The molecule has 0 fully saturated rings. The van der Waals surface area contributed by atoms with Crippen molar-refractivity contribution in [2.45, 2.75) is 0 Å². The summed E-state index contributed by atoms with van der Waals surface area (Å²) in [5.74, 6) is -2.52. The second-order valence-electron chi connectivity index (χ2n) is 6.90. The smallest absolute Gasteiger partial charge is 0.357 e. The van der Waals surface area contributed by atoms with Crippen molar-refractivity contribution in [3.63, 3.8) is 0 Å². The molecule has 0 aliphatic heterocycles. The first-order valence-corrected chi connectivity index (χ1v) is 9.71. The van der Waals surface area contributed by atoms with Crippen LogP contribution < -0.4 is 11.4 Å². The molecule has 156 valence electrons. The zero-order chi connectivity index (χ0) is 22.7. The van der Waals surface area contributed by atoms with Gasteiger partial charge in [0.2, 0.25) is 5.78 Å². The number of carbonyl (C=O) groups is 3. The normalized spacial score (nSPS) is 10.5. The molecule has 4 rings (SSSR count). The van der Waals surface area contributed by atoms with Gasteiger partial charge < -0.3 is 5.73 Å². The highest BCUT2D eigenvalue weighted by Crippen LogP contribution is 2.22. The molecule has 0 aliphatic carbocycles. The molecule has 0 saturated heterocycles. The summed E-state index contributed by atoms with van der Waals surface area (Å²) in [5.41, 5.74) is 4.80. The summed E-state index contributed by atoms with van der Waals surface area (Å²) < 4.78 is 0.622. The van der Waals surface area contributed by atoms with Crippen molar-refractivity contribution in [3.05, 3.63) is 129 Å². The molecule has 0 amide bonds. The van der Waals surface area contributed by atoms with Crippen LogP contribution in [0.25, 0.3) is 0 Å². The summed E-state index contributed by atoms with van der Waals surface area (Å²) >= 11 is 0. The number of hydrogen-bond acceptors (Lipinski definition) is 6. The highest BCUT2D eigenvalue weighted by Gasteiger charge is 2.30. The first kappa shape index (κ1) is 20.6. The number of aromatic nitrogens is 2. The quantitative estimate of drug-likeness (QED) is 0.494. The summed E-state index contributed by atoms with van der Waals surface area (Å²) in [6, 6.07) is 24.1. The Balaban J connectivity index is 2.04. The van der Waals surface area contributed by atoms with Crippen LogP contribution in [0, 0.1) is 0 Å². The maximum atomic E-state index is 13.5. The minimum absolute atomic E-state index is 0.154. The molecule has 1 heterocycles. The Labute approximate surface area is 182 Å². The van der Waals surface area contributed by atoms with Crippen LogP contribution in [0.3, 0.4) is 0 Å². The number of nitrogen functional groups attached to an aromatic ring is 1. The molecule has 2 N–H and O–H groups in total. The van der Waals surface area contributed by atoms with Gasteiger partial charge in [-0.15, -0.1) is 0 Å². The molecule has 0 spiro atoms. The highest BCUT2D eigenvalue weighted by atomic mass is 16.2. The van der Waals surface area contributed by atoms with Crippen molar-refractivity contribution in [1.82, 2.24) is 9.55 Å².